The Morgan fingerprint density at radius 3 is 2.22 bits per heavy atom. The zero-order valence-corrected chi connectivity index (χ0v) is 21.9. The van der Waals surface area contributed by atoms with Gasteiger partial charge < -0.3 is 10.2 Å². The zero-order valence-electron chi connectivity index (χ0n) is 21.1. The van der Waals surface area contributed by atoms with Crippen LogP contribution in [0.5, 0.6) is 0 Å². The number of nitrogens with one attached hydrogen (secondary N) is 1. The summed E-state index contributed by atoms with van der Waals surface area (Å²) in [5.74, 6) is 0.224. The lowest BCUT2D eigenvalue weighted by molar-refractivity contribution is -0.139. The number of aryl methyl sites for hydroxylation is 1. The van der Waals surface area contributed by atoms with E-state index in [-0.39, 0.29) is 23.6 Å². The molecule has 1 atom stereocenters. The molecular formula is C31H36N2O2S. The van der Waals surface area contributed by atoms with E-state index in [2.05, 4.69) is 24.4 Å². The topological polar surface area (TPSA) is 49.4 Å². The number of benzene rings is 3. The smallest absolute Gasteiger partial charge is 0.243 e. The van der Waals surface area contributed by atoms with Crippen LogP contribution in [0, 0.1) is 6.92 Å². The highest BCUT2D eigenvalue weighted by Gasteiger charge is 2.32. The van der Waals surface area contributed by atoms with Gasteiger partial charge in [-0.1, -0.05) is 92.1 Å². The van der Waals surface area contributed by atoms with Crippen molar-refractivity contribution >= 4 is 23.6 Å². The fraction of sp³-hybridized carbons (Fsp3) is 0.355. The van der Waals surface area contributed by atoms with Crippen molar-refractivity contribution in [2.75, 3.05) is 5.75 Å². The van der Waals surface area contributed by atoms with Gasteiger partial charge in [-0.15, -0.1) is 11.8 Å². The number of amides is 2. The summed E-state index contributed by atoms with van der Waals surface area (Å²) >= 11 is 1.52. The summed E-state index contributed by atoms with van der Waals surface area (Å²) < 4.78 is 0. The maximum absolute atomic E-state index is 13.8. The molecule has 36 heavy (non-hydrogen) atoms. The molecule has 3 aromatic carbocycles. The van der Waals surface area contributed by atoms with Crippen molar-refractivity contribution in [2.45, 2.75) is 69.0 Å². The van der Waals surface area contributed by atoms with Crippen LogP contribution in [-0.2, 0) is 22.6 Å². The standard InChI is InChI=1S/C31H36N2O2S/c1-24-13-11-12-16-26(24)22-33(30(34)23-36-28-19-9-4-10-20-28)29(21-25-14-5-2-6-15-25)31(35)32-27-17-7-3-8-18-27/h2,4-6,9-16,19-20,27,29H,3,7-8,17-18,21-23H2,1H3,(H,32,35)/t29-/m0/s1. The summed E-state index contributed by atoms with van der Waals surface area (Å²) in [6, 6.07) is 27.7. The number of carbonyl (C=O) groups excluding carboxylic acids is 2. The van der Waals surface area contributed by atoms with Crippen LogP contribution in [-0.4, -0.2) is 34.6 Å². The highest BCUT2D eigenvalue weighted by atomic mass is 32.2. The van der Waals surface area contributed by atoms with Gasteiger partial charge in [0.15, 0.2) is 0 Å². The molecule has 188 valence electrons. The maximum Gasteiger partial charge on any atom is 0.243 e. The molecule has 2 amide bonds. The molecule has 1 N–H and O–H groups in total. The second-order valence-electron chi connectivity index (χ2n) is 9.60. The lowest BCUT2D eigenvalue weighted by atomic mass is 9.94. The first-order valence-corrected chi connectivity index (χ1v) is 13.9. The molecule has 5 heteroatoms. The molecule has 0 aliphatic heterocycles. The number of hydrogen-bond donors (Lipinski definition) is 1. The molecule has 0 heterocycles. The molecular weight excluding hydrogens is 464 g/mol. The number of rotatable bonds is 10. The van der Waals surface area contributed by atoms with Gasteiger partial charge >= 0.3 is 0 Å². The minimum atomic E-state index is -0.571. The minimum absolute atomic E-state index is 0.0215. The van der Waals surface area contributed by atoms with Crippen molar-refractivity contribution in [1.29, 1.82) is 0 Å². The second-order valence-corrected chi connectivity index (χ2v) is 10.6. The van der Waals surface area contributed by atoms with Gasteiger partial charge in [0.25, 0.3) is 0 Å². The van der Waals surface area contributed by atoms with Gasteiger partial charge in [0.2, 0.25) is 11.8 Å². The third kappa shape index (κ3) is 7.47. The van der Waals surface area contributed by atoms with Crippen molar-refractivity contribution in [3.05, 3.63) is 102 Å². The van der Waals surface area contributed by atoms with E-state index >= 15 is 0 Å². The Morgan fingerprint density at radius 1 is 0.889 bits per heavy atom. The third-order valence-electron chi connectivity index (χ3n) is 6.93. The molecule has 0 spiro atoms. The van der Waals surface area contributed by atoms with Crippen molar-refractivity contribution in [1.82, 2.24) is 10.2 Å². The first-order valence-electron chi connectivity index (χ1n) is 13.0. The average molecular weight is 501 g/mol. The summed E-state index contributed by atoms with van der Waals surface area (Å²) in [5, 5.41) is 3.31. The normalized spacial score (nSPS) is 14.7. The Morgan fingerprint density at radius 2 is 1.53 bits per heavy atom. The first kappa shape index (κ1) is 26.0. The van der Waals surface area contributed by atoms with Crippen LogP contribution in [0.4, 0.5) is 0 Å². The highest BCUT2D eigenvalue weighted by Crippen LogP contribution is 2.23. The lowest BCUT2D eigenvalue weighted by Crippen LogP contribution is -2.53. The molecule has 0 unspecified atom stereocenters. The molecule has 1 saturated carbocycles. The molecule has 4 rings (SSSR count). The Balaban J connectivity index is 1.61. The molecule has 1 fully saturated rings. The van der Waals surface area contributed by atoms with Crippen molar-refractivity contribution in [3.8, 4) is 0 Å². The van der Waals surface area contributed by atoms with E-state index in [1.807, 2.05) is 77.7 Å². The molecule has 1 aliphatic rings. The Bertz CT molecular complexity index is 1110. The molecule has 0 aromatic heterocycles. The molecule has 0 radical (unpaired) electrons. The Kier molecular flexibility index (Phi) is 9.62. The highest BCUT2D eigenvalue weighted by molar-refractivity contribution is 8.00. The van der Waals surface area contributed by atoms with Gasteiger partial charge in [0.1, 0.15) is 6.04 Å². The Labute approximate surface area is 219 Å². The Hall–Kier alpha value is -3.05. The largest absolute Gasteiger partial charge is 0.352 e. The summed E-state index contributed by atoms with van der Waals surface area (Å²) in [4.78, 5) is 30.4. The number of carbonyl (C=O) groups is 2. The van der Waals surface area contributed by atoms with E-state index in [9.17, 15) is 9.59 Å². The summed E-state index contributed by atoms with van der Waals surface area (Å²) in [6.45, 7) is 2.47. The van der Waals surface area contributed by atoms with E-state index in [0.29, 0.717) is 13.0 Å². The van der Waals surface area contributed by atoms with Crippen LogP contribution in [0.1, 0.15) is 48.8 Å². The maximum atomic E-state index is 13.8. The van der Waals surface area contributed by atoms with Crippen LogP contribution in [0.2, 0.25) is 0 Å². The molecule has 3 aromatic rings. The van der Waals surface area contributed by atoms with Crippen molar-refractivity contribution in [2.24, 2.45) is 0 Å². The van der Waals surface area contributed by atoms with Gasteiger partial charge in [-0.2, -0.15) is 0 Å². The van der Waals surface area contributed by atoms with Gasteiger partial charge in [-0.05, 0) is 48.6 Å². The molecule has 4 nitrogen and oxygen atoms in total. The van der Waals surface area contributed by atoms with Crippen LogP contribution in [0.25, 0.3) is 0 Å². The van der Waals surface area contributed by atoms with E-state index < -0.39 is 6.04 Å². The van der Waals surface area contributed by atoms with Crippen LogP contribution in [0.15, 0.2) is 89.8 Å². The van der Waals surface area contributed by atoms with E-state index in [1.54, 1.807) is 0 Å². The number of thioether (sulfide) groups is 1. The fourth-order valence-corrected chi connectivity index (χ4v) is 5.62. The zero-order chi connectivity index (χ0) is 25.2. The monoisotopic (exact) mass is 500 g/mol. The van der Waals surface area contributed by atoms with E-state index in [4.69, 9.17) is 0 Å². The molecule has 1 aliphatic carbocycles. The summed E-state index contributed by atoms with van der Waals surface area (Å²) in [7, 11) is 0. The lowest BCUT2D eigenvalue weighted by Gasteiger charge is -2.33. The van der Waals surface area contributed by atoms with Crippen LogP contribution in [0.3, 0.4) is 0 Å². The SMILES string of the molecule is Cc1ccccc1CN(C(=O)CSc1ccccc1)[C@@H](Cc1ccccc1)C(=O)NC1CCCCC1. The average Bonchev–Trinajstić information content (AvgIpc) is 2.92. The second kappa shape index (κ2) is 13.3. The van der Waals surface area contributed by atoms with Crippen molar-refractivity contribution < 1.29 is 9.59 Å². The minimum Gasteiger partial charge on any atom is -0.352 e. The van der Waals surface area contributed by atoms with E-state index in [0.717, 1.165) is 47.3 Å². The van der Waals surface area contributed by atoms with Gasteiger partial charge in [-0.25, -0.2) is 0 Å². The fourth-order valence-electron chi connectivity index (χ4n) is 4.81. The number of nitrogens with zero attached hydrogens (tertiary/aromatic N) is 1. The third-order valence-corrected chi connectivity index (χ3v) is 7.93. The van der Waals surface area contributed by atoms with Crippen molar-refractivity contribution in [3.63, 3.8) is 0 Å². The van der Waals surface area contributed by atoms with Gasteiger partial charge in [0, 0.05) is 23.9 Å². The van der Waals surface area contributed by atoms with E-state index in [1.165, 1.54) is 18.2 Å². The van der Waals surface area contributed by atoms with Crippen LogP contribution < -0.4 is 5.32 Å². The summed E-state index contributed by atoms with van der Waals surface area (Å²) in [6.07, 6.45) is 6.04. The molecule has 0 saturated heterocycles. The van der Waals surface area contributed by atoms with Gasteiger partial charge in [-0.3, -0.25) is 9.59 Å². The quantitative estimate of drug-likeness (QED) is 0.338. The number of hydrogen-bond acceptors (Lipinski definition) is 3. The van der Waals surface area contributed by atoms with Crippen LogP contribution >= 0.6 is 11.8 Å². The first-order chi connectivity index (χ1) is 17.6. The predicted octanol–water partition coefficient (Wildman–Crippen LogP) is 6.18. The predicted molar refractivity (Wildman–Crippen MR) is 148 cm³/mol. The summed E-state index contributed by atoms with van der Waals surface area (Å²) in [5.41, 5.74) is 3.25. The molecule has 0 bridgehead atoms. The van der Waals surface area contributed by atoms with Gasteiger partial charge in [0.05, 0.1) is 5.75 Å².